The van der Waals surface area contributed by atoms with E-state index in [1.807, 2.05) is 34.0 Å². The zero-order chi connectivity index (χ0) is 15.4. The van der Waals surface area contributed by atoms with Crippen LogP contribution in [-0.2, 0) is 6.42 Å². The Labute approximate surface area is 153 Å². The maximum absolute atomic E-state index is 3.80. The van der Waals surface area contributed by atoms with Crippen molar-refractivity contribution in [1.82, 2.24) is 0 Å². The van der Waals surface area contributed by atoms with E-state index in [1.54, 1.807) is 10.3 Å². The molecule has 0 aliphatic rings. The van der Waals surface area contributed by atoms with E-state index in [1.165, 1.54) is 75.7 Å². The van der Waals surface area contributed by atoms with E-state index in [0.29, 0.717) is 0 Å². The lowest BCUT2D eigenvalue weighted by Gasteiger charge is -2.02. The fourth-order valence-electron chi connectivity index (χ4n) is 2.98. The minimum atomic E-state index is 1.24. The normalized spacial score (nSPS) is 11.9. The van der Waals surface area contributed by atoms with Gasteiger partial charge in [0.2, 0.25) is 0 Å². The van der Waals surface area contributed by atoms with Crippen molar-refractivity contribution in [2.24, 2.45) is 0 Å². The fourth-order valence-corrected chi connectivity index (χ4v) is 7.80. The molecule has 3 aromatic heterocycles. The van der Waals surface area contributed by atoms with Crippen LogP contribution in [0.5, 0.6) is 0 Å². The van der Waals surface area contributed by atoms with E-state index in [-0.39, 0.29) is 0 Å². The van der Waals surface area contributed by atoms with E-state index in [2.05, 4.69) is 34.3 Å². The highest BCUT2D eigenvalue weighted by Crippen LogP contribution is 2.47. The molecule has 0 saturated heterocycles. The molecule has 0 fully saturated rings. The summed E-state index contributed by atoms with van der Waals surface area (Å²) in [5.41, 5.74) is 1.57. The van der Waals surface area contributed by atoms with Crippen LogP contribution in [0.2, 0.25) is 0 Å². The van der Waals surface area contributed by atoms with Crippen molar-refractivity contribution in [3.63, 3.8) is 0 Å². The van der Waals surface area contributed by atoms with Crippen LogP contribution in [0.4, 0.5) is 0 Å². The highest BCUT2D eigenvalue weighted by Gasteiger charge is 2.16. The van der Waals surface area contributed by atoms with Gasteiger partial charge in [0.05, 0.1) is 17.9 Å². The predicted molar refractivity (Wildman–Crippen MR) is 109 cm³/mol. The third-order valence-electron chi connectivity index (χ3n) is 4.24. The van der Waals surface area contributed by atoms with Crippen LogP contribution in [0.25, 0.3) is 18.8 Å². The third-order valence-corrected chi connectivity index (χ3v) is 8.77. The first kappa shape index (κ1) is 16.9. The quantitative estimate of drug-likeness (QED) is 0.307. The molecular weight excluding hydrogens is 392 g/mol. The van der Waals surface area contributed by atoms with Gasteiger partial charge in [-0.05, 0) is 45.8 Å². The Kier molecular flexibility index (Phi) is 6.37. The van der Waals surface area contributed by atoms with Crippen molar-refractivity contribution >= 4 is 68.7 Å². The van der Waals surface area contributed by atoms with E-state index >= 15 is 0 Å². The van der Waals surface area contributed by atoms with E-state index < -0.39 is 0 Å². The molecule has 0 spiro atoms. The van der Waals surface area contributed by atoms with Gasteiger partial charge in [-0.25, -0.2) is 0 Å². The Morgan fingerprint density at radius 3 is 2.36 bits per heavy atom. The van der Waals surface area contributed by atoms with Crippen molar-refractivity contribution in [2.45, 2.75) is 64.7 Å². The summed E-state index contributed by atoms with van der Waals surface area (Å²) in [4.78, 5) is 0. The Bertz CT molecular complexity index is 719. The van der Waals surface area contributed by atoms with Crippen LogP contribution >= 0.6 is 49.9 Å². The lowest BCUT2D eigenvalue weighted by molar-refractivity contribution is 0.576. The zero-order valence-corrected chi connectivity index (χ0v) is 17.2. The van der Waals surface area contributed by atoms with Crippen molar-refractivity contribution < 1.29 is 0 Å². The molecule has 0 nitrogen and oxygen atoms in total. The molecule has 0 radical (unpaired) electrons. The van der Waals surface area contributed by atoms with Gasteiger partial charge in [0, 0.05) is 4.70 Å². The van der Waals surface area contributed by atoms with Gasteiger partial charge < -0.3 is 0 Å². The van der Waals surface area contributed by atoms with Crippen LogP contribution < -0.4 is 0 Å². The number of fused-ring (bicyclic) bond motifs is 3. The molecule has 0 aliphatic carbocycles. The first-order chi connectivity index (χ1) is 10.8. The monoisotopic (exact) mass is 414 g/mol. The molecule has 0 N–H and O–H groups in total. The summed E-state index contributed by atoms with van der Waals surface area (Å²) in [6.07, 6.45) is 12.4. The number of hydrogen-bond donors (Lipinski definition) is 0. The summed E-state index contributed by atoms with van der Waals surface area (Å²) in [6, 6.07) is 2.27. The lowest BCUT2D eigenvalue weighted by atomic mass is 10.1. The van der Waals surface area contributed by atoms with Gasteiger partial charge in [0.1, 0.15) is 0 Å². The average molecular weight is 415 g/mol. The summed E-state index contributed by atoms with van der Waals surface area (Å²) in [6.45, 7) is 2.29. The summed E-state index contributed by atoms with van der Waals surface area (Å²) in [7, 11) is 0. The summed E-state index contributed by atoms with van der Waals surface area (Å²) >= 11 is 9.61. The van der Waals surface area contributed by atoms with Gasteiger partial charge in [-0.2, -0.15) is 0 Å². The minimum absolute atomic E-state index is 1.24. The van der Waals surface area contributed by atoms with Crippen LogP contribution in [0.1, 0.15) is 63.9 Å². The molecule has 120 valence electrons. The van der Waals surface area contributed by atoms with E-state index in [9.17, 15) is 0 Å². The predicted octanol–water partition coefficient (Wildman–Crippen LogP) is 8.62. The number of halogens is 1. The second kappa shape index (κ2) is 8.27. The summed E-state index contributed by atoms with van der Waals surface area (Å²) < 4.78 is 7.38. The second-order valence-corrected chi connectivity index (χ2v) is 10.3. The molecule has 0 saturated carbocycles. The van der Waals surface area contributed by atoms with Gasteiger partial charge in [-0.1, -0.05) is 51.9 Å². The molecule has 0 aliphatic heterocycles. The van der Waals surface area contributed by atoms with Crippen molar-refractivity contribution in [1.29, 1.82) is 0 Å². The molecule has 4 heteroatoms. The van der Waals surface area contributed by atoms with Gasteiger partial charge in [0.15, 0.2) is 0 Å². The van der Waals surface area contributed by atoms with Crippen molar-refractivity contribution in [3.8, 4) is 0 Å². The largest absolute Gasteiger partial charge is 0.141 e. The molecular formula is C18H23BrS3. The third kappa shape index (κ3) is 3.77. The Hall–Kier alpha value is 0.1000. The van der Waals surface area contributed by atoms with Gasteiger partial charge in [0.25, 0.3) is 0 Å². The maximum Gasteiger partial charge on any atom is 0.0751 e. The number of rotatable bonds is 9. The fraction of sp³-hybridized carbons (Fsp3) is 0.556. The van der Waals surface area contributed by atoms with Gasteiger partial charge in [-0.3, -0.25) is 0 Å². The van der Waals surface area contributed by atoms with Crippen molar-refractivity contribution in [3.05, 3.63) is 20.8 Å². The van der Waals surface area contributed by atoms with E-state index in [0.717, 1.165) is 0 Å². The Balaban J connectivity index is 1.52. The summed E-state index contributed by atoms with van der Waals surface area (Å²) in [5, 5.41) is 2.21. The second-order valence-electron chi connectivity index (χ2n) is 5.95. The van der Waals surface area contributed by atoms with Gasteiger partial charge in [-0.15, -0.1) is 34.0 Å². The Morgan fingerprint density at radius 2 is 1.59 bits per heavy atom. The van der Waals surface area contributed by atoms with Crippen LogP contribution in [-0.4, -0.2) is 0 Å². The number of unbranched alkanes of at least 4 members (excludes halogenated alkanes) is 7. The van der Waals surface area contributed by atoms with Crippen LogP contribution in [0.15, 0.2) is 15.2 Å². The SMILES string of the molecule is CCCCCCCCCCc1c(Br)sc2c1sc1ccsc12. The van der Waals surface area contributed by atoms with E-state index in [4.69, 9.17) is 0 Å². The molecule has 3 heterocycles. The molecule has 0 bridgehead atoms. The summed E-state index contributed by atoms with van der Waals surface area (Å²) in [5.74, 6) is 0. The lowest BCUT2D eigenvalue weighted by Crippen LogP contribution is -1.85. The number of aryl methyl sites for hydroxylation is 1. The van der Waals surface area contributed by atoms with Crippen molar-refractivity contribution in [2.75, 3.05) is 0 Å². The van der Waals surface area contributed by atoms with Gasteiger partial charge >= 0.3 is 0 Å². The molecule has 0 unspecified atom stereocenters. The molecule has 0 aromatic carbocycles. The van der Waals surface area contributed by atoms with Crippen LogP contribution in [0, 0.1) is 0 Å². The average Bonchev–Trinajstić information content (AvgIpc) is 3.15. The number of thiophene rings is 3. The first-order valence-electron chi connectivity index (χ1n) is 8.38. The smallest absolute Gasteiger partial charge is 0.0751 e. The maximum atomic E-state index is 3.80. The molecule has 0 amide bonds. The molecule has 3 rings (SSSR count). The minimum Gasteiger partial charge on any atom is -0.141 e. The molecule has 22 heavy (non-hydrogen) atoms. The standard InChI is InChI=1S/C18H23BrS3/c1-2-3-4-5-6-7-8-9-10-13-15-17(22-18(13)19)16-14(21-15)11-12-20-16/h11-12H,2-10H2,1H3. The number of hydrogen-bond acceptors (Lipinski definition) is 3. The molecule has 3 aromatic rings. The topological polar surface area (TPSA) is 0 Å². The highest BCUT2D eigenvalue weighted by atomic mass is 79.9. The highest BCUT2D eigenvalue weighted by molar-refractivity contribution is 9.11. The zero-order valence-electron chi connectivity index (χ0n) is 13.1. The van der Waals surface area contributed by atoms with Crippen LogP contribution in [0.3, 0.4) is 0 Å². The molecule has 0 atom stereocenters. The first-order valence-corrected chi connectivity index (χ1v) is 11.7. The Morgan fingerprint density at radius 1 is 0.864 bits per heavy atom.